The Bertz CT molecular complexity index is 532. The van der Waals surface area contributed by atoms with Gasteiger partial charge in [-0.25, -0.2) is 13.8 Å². The number of pyridine rings is 1. The van der Waals surface area contributed by atoms with Crippen molar-refractivity contribution in [3.8, 4) is 11.6 Å². The van der Waals surface area contributed by atoms with Crippen LogP contribution in [-0.2, 0) is 6.54 Å². The topological polar surface area (TPSA) is 48.1 Å². The first-order chi connectivity index (χ1) is 8.19. The maximum absolute atomic E-state index is 12.9. The highest BCUT2D eigenvalue weighted by Crippen LogP contribution is 2.23. The molecule has 0 aliphatic rings. The van der Waals surface area contributed by atoms with E-state index in [0.717, 1.165) is 6.20 Å². The van der Waals surface area contributed by atoms with Crippen molar-refractivity contribution in [1.29, 1.82) is 0 Å². The number of rotatable bonds is 3. The minimum atomic E-state index is -0.489. The first-order valence-electron chi connectivity index (χ1n) is 4.97. The molecule has 0 unspecified atom stereocenters. The van der Waals surface area contributed by atoms with Crippen molar-refractivity contribution in [1.82, 2.24) is 4.98 Å². The fourth-order valence-corrected chi connectivity index (χ4v) is 1.35. The zero-order chi connectivity index (χ0) is 12.3. The molecule has 1 aromatic heterocycles. The van der Waals surface area contributed by atoms with Crippen LogP contribution in [0.25, 0.3) is 0 Å². The Morgan fingerprint density at radius 2 is 2.00 bits per heavy atom. The quantitative estimate of drug-likeness (QED) is 0.891. The van der Waals surface area contributed by atoms with Gasteiger partial charge in [0.05, 0.1) is 6.20 Å². The molecular weight excluding hydrogens is 226 g/mol. The Hall–Kier alpha value is -2.01. The number of hydrogen-bond acceptors (Lipinski definition) is 3. The Kier molecular flexibility index (Phi) is 3.30. The summed E-state index contributed by atoms with van der Waals surface area (Å²) in [6.45, 7) is 0.0927. The van der Waals surface area contributed by atoms with Gasteiger partial charge in [-0.2, -0.15) is 0 Å². The second-order valence-electron chi connectivity index (χ2n) is 3.38. The molecule has 1 aromatic carbocycles. The summed E-state index contributed by atoms with van der Waals surface area (Å²) in [6, 6.07) is 6.84. The molecule has 0 bridgehead atoms. The predicted molar refractivity (Wildman–Crippen MR) is 58.6 cm³/mol. The summed E-state index contributed by atoms with van der Waals surface area (Å²) in [5.74, 6) is -0.436. The van der Waals surface area contributed by atoms with E-state index in [1.54, 1.807) is 6.07 Å². The molecule has 0 amide bonds. The van der Waals surface area contributed by atoms with Crippen LogP contribution >= 0.6 is 0 Å². The minimum absolute atomic E-state index is 0.0927. The highest BCUT2D eigenvalue weighted by atomic mass is 19.1. The summed E-state index contributed by atoms with van der Waals surface area (Å²) in [5, 5.41) is 0. The summed E-state index contributed by atoms with van der Waals surface area (Å²) in [5.41, 5.74) is 5.87. The molecule has 0 fully saturated rings. The molecule has 0 saturated heterocycles. The van der Waals surface area contributed by atoms with E-state index >= 15 is 0 Å². The van der Waals surface area contributed by atoms with Crippen LogP contribution in [0.2, 0.25) is 0 Å². The first kappa shape index (κ1) is 11.5. The molecule has 1 heterocycles. The highest BCUT2D eigenvalue weighted by Gasteiger charge is 2.07. The average Bonchev–Trinajstić information content (AvgIpc) is 2.31. The third-order valence-electron chi connectivity index (χ3n) is 2.12. The van der Waals surface area contributed by atoms with Crippen LogP contribution in [0.3, 0.4) is 0 Å². The lowest BCUT2D eigenvalue weighted by atomic mass is 10.2. The predicted octanol–water partition coefficient (Wildman–Crippen LogP) is 2.61. The van der Waals surface area contributed by atoms with Crippen LogP contribution < -0.4 is 10.5 Å². The van der Waals surface area contributed by atoms with Gasteiger partial charge in [0.15, 0.2) is 0 Å². The molecule has 5 heteroatoms. The Morgan fingerprint density at radius 3 is 2.71 bits per heavy atom. The molecule has 0 atom stereocenters. The number of nitrogens with two attached hydrogens (primary N) is 1. The van der Waals surface area contributed by atoms with Crippen LogP contribution in [0.15, 0.2) is 36.5 Å². The van der Waals surface area contributed by atoms with Crippen molar-refractivity contribution in [3.63, 3.8) is 0 Å². The summed E-state index contributed by atoms with van der Waals surface area (Å²) in [7, 11) is 0. The van der Waals surface area contributed by atoms with E-state index < -0.39 is 11.6 Å². The number of hydrogen-bond donors (Lipinski definition) is 1. The Balaban J connectivity index is 2.29. The molecule has 3 nitrogen and oxygen atoms in total. The van der Waals surface area contributed by atoms with Gasteiger partial charge in [-0.15, -0.1) is 0 Å². The monoisotopic (exact) mass is 236 g/mol. The summed E-state index contributed by atoms with van der Waals surface area (Å²) in [6.07, 6.45) is 1.02. The van der Waals surface area contributed by atoms with Gasteiger partial charge in [0, 0.05) is 18.2 Å². The molecule has 0 radical (unpaired) electrons. The van der Waals surface area contributed by atoms with Gasteiger partial charge in [0.2, 0.25) is 5.88 Å². The summed E-state index contributed by atoms with van der Waals surface area (Å²) in [4.78, 5) is 3.77. The second kappa shape index (κ2) is 4.88. The number of nitrogens with zero attached hydrogens (tertiary/aromatic N) is 1. The van der Waals surface area contributed by atoms with Crippen molar-refractivity contribution < 1.29 is 13.5 Å². The van der Waals surface area contributed by atoms with Gasteiger partial charge in [0.1, 0.15) is 17.4 Å². The maximum Gasteiger partial charge on any atom is 0.223 e. The van der Waals surface area contributed by atoms with Crippen LogP contribution in [0, 0.1) is 11.6 Å². The maximum atomic E-state index is 12.9. The molecule has 88 valence electrons. The van der Waals surface area contributed by atoms with Gasteiger partial charge >= 0.3 is 0 Å². The van der Waals surface area contributed by atoms with Crippen molar-refractivity contribution in [2.24, 2.45) is 5.73 Å². The van der Waals surface area contributed by atoms with Gasteiger partial charge in [-0.1, -0.05) is 6.07 Å². The van der Waals surface area contributed by atoms with Crippen LogP contribution in [0.5, 0.6) is 11.6 Å². The molecule has 0 saturated carbocycles. The fraction of sp³-hybridized carbons (Fsp3) is 0.0833. The van der Waals surface area contributed by atoms with Crippen molar-refractivity contribution in [2.45, 2.75) is 6.54 Å². The molecule has 2 aromatic rings. The van der Waals surface area contributed by atoms with E-state index in [2.05, 4.69) is 4.98 Å². The number of halogens is 2. The highest BCUT2D eigenvalue weighted by molar-refractivity contribution is 5.32. The van der Waals surface area contributed by atoms with Crippen LogP contribution in [0.4, 0.5) is 8.78 Å². The fourth-order valence-electron chi connectivity index (χ4n) is 1.35. The lowest BCUT2D eigenvalue weighted by Gasteiger charge is -2.08. The normalized spacial score (nSPS) is 10.3. The summed E-state index contributed by atoms with van der Waals surface area (Å²) >= 11 is 0. The van der Waals surface area contributed by atoms with E-state index in [1.165, 1.54) is 24.3 Å². The lowest BCUT2D eigenvalue weighted by molar-refractivity contribution is 0.448. The molecule has 0 aliphatic carbocycles. The van der Waals surface area contributed by atoms with Gasteiger partial charge in [-0.3, -0.25) is 0 Å². The second-order valence-corrected chi connectivity index (χ2v) is 3.38. The van der Waals surface area contributed by atoms with E-state index in [4.69, 9.17) is 10.5 Å². The third kappa shape index (κ3) is 2.76. The smallest absolute Gasteiger partial charge is 0.223 e. The van der Waals surface area contributed by atoms with E-state index in [0.29, 0.717) is 11.3 Å². The minimum Gasteiger partial charge on any atom is -0.439 e. The van der Waals surface area contributed by atoms with Gasteiger partial charge in [-0.05, 0) is 18.2 Å². The zero-order valence-electron chi connectivity index (χ0n) is 8.86. The molecule has 0 aliphatic heterocycles. The molecule has 2 rings (SSSR count). The number of ether oxygens (including phenoxy) is 1. The molecule has 2 N–H and O–H groups in total. The van der Waals surface area contributed by atoms with Crippen molar-refractivity contribution in [3.05, 3.63) is 53.7 Å². The first-order valence-corrected chi connectivity index (χ1v) is 4.97. The third-order valence-corrected chi connectivity index (χ3v) is 2.12. The van der Waals surface area contributed by atoms with Gasteiger partial charge < -0.3 is 10.5 Å². The SMILES string of the molecule is NCc1cc(F)cnc1Oc1cccc(F)c1. The Labute approximate surface area is 96.9 Å². The summed E-state index contributed by atoms with van der Waals surface area (Å²) < 4.78 is 31.2. The standard InChI is InChI=1S/C12H10F2N2O/c13-9-2-1-3-11(5-9)17-12-8(6-15)4-10(14)7-16-12/h1-5,7H,6,15H2. The van der Waals surface area contributed by atoms with E-state index in [9.17, 15) is 8.78 Å². The molecular formula is C12H10F2N2O. The average molecular weight is 236 g/mol. The number of aromatic nitrogens is 1. The number of benzene rings is 1. The van der Waals surface area contributed by atoms with Crippen molar-refractivity contribution >= 4 is 0 Å². The Morgan fingerprint density at radius 1 is 1.18 bits per heavy atom. The van der Waals surface area contributed by atoms with Gasteiger partial charge in [0.25, 0.3) is 0 Å². The van der Waals surface area contributed by atoms with Crippen LogP contribution in [-0.4, -0.2) is 4.98 Å². The lowest BCUT2D eigenvalue weighted by Crippen LogP contribution is -2.02. The van der Waals surface area contributed by atoms with Crippen LogP contribution in [0.1, 0.15) is 5.56 Å². The molecule has 17 heavy (non-hydrogen) atoms. The zero-order valence-corrected chi connectivity index (χ0v) is 8.86. The van der Waals surface area contributed by atoms with E-state index in [1.807, 2.05) is 0 Å². The van der Waals surface area contributed by atoms with Crippen molar-refractivity contribution in [2.75, 3.05) is 0 Å². The largest absolute Gasteiger partial charge is 0.439 e. The van der Waals surface area contributed by atoms with E-state index in [-0.39, 0.29) is 12.4 Å². The molecule has 0 spiro atoms.